The molecule has 2 aliphatic rings. The molecule has 45 heavy (non-hydrogen) atoms. The van der Waals surface area contributed by atoms with Crippen LogP contribution in [0.3, 0.4) is 0 Å². The second kappa shape index (κ2) is 13.1. The van der Waals surface area contributed by atoms with Crippen molar-refractivity contribution in [3.05, 3.63) is 117 Å². The molecule has 1 unspecified atom stereocenters. The molecule has 2 amide bonds. The Morgan fingerprint density at radius 2 is 1.84 bits per heavy atom. The van der Waals surface area contributed by atoms with E-state index in [0.717, 1.165) is 34.6 Å². The fraction of sp³-hybridized carbons (Fsp3) is 0.200. The second-order valence-electron chi connectivity index (χ2n) is 10.8. The van der Waals surface area contributed by atoms with Gasteiger partial charge in [0.1, 0.15) is 24.0 Å². The van der Waals surface area contributed by atoms with Gasteiger partial charge < -0.3 is 9.47 Å². The highest BCUT2D eigenvalue weighted by atomic mass is 35.5. The predicted octanol–water partition coefficient (Wildman–Crippen LogP) is 7.20. The van der Waals surface area contributed by atoms with Gasteiger partial charge in [0, 0.05) is 45.1 Å². The number of aromatic nitrogens is 2. The molecule has 0 radical (unpaired) electrons. The highest BCUT2D eigenvalue weighted by Gasteiger charge is 2.37. The number of halogens is 2. The van der Waals surface area contributed by atoms with E-state index in [0.29, 0.717) is 39.2 Å². The van der Waals surface area contributed by atoms with Gasteiger partial charge in [-0.05, 0) is 79.9 Å². The molecule has 2 aliphatic heterocycles. The summed E-state index contributed by atoms with van der Waals surface area (Å²) in [6.07, 6.45) is 4.91. The van der Waals surface area contributed by atoms with E-state index in [1.54, 1.807) is 29.8 Å². The van der Waals surface area contributed by atoms with Gasteiger partial charge >= 0.3 is 0 Å². The first-order valence-electron chi connectivity index (χ1n) is 14.5. The van der Waals surface area contributed by atoms with Crippen LogP contribution in [0.15, 0.2) is 95.7 Å². The molecule has 1 aromatic heterocycles. The molecule has 1 fully saturated rings. The topological polar surface area (TPSA) is 97.5 Å². The van der Waals surface area contributed by atoms with Crippen molar-refractivity contribution in [3.63, 3.8) is 0 Å². The first-order valence-corrected chi connectivity index (χ1v) is 15.2. The molecular weight excluding hydrogens is 611 g/mol. The third kappa shape index (κ3) is 6.43. The molecule has 226 valence electrons. The number of para-hydroxylation sites is 1. The number of carbonyl (C=O) groups excluding carboxylic acids is 2. The zero-order valence-corrected chi connectivity index (χ0v) is 25.9. The van der Waals surface area contributed by atoms with Crippen molar-refractivity contribution in [1.82, 2.24) is 14.7 Å². The lowest BCUT2D eigenvalue weighted by Crippen LogP contribution is -2.46. The number of nitrogens with zero attached hydrogens (tertiary/aromatic N) is 4. The van der Waals surface area contributed by atoms with Crippen molar-refractivity contribution >= 4 is 41.1 Å². The summed E-state index contributed by atoms with van der Waals surface area (Å²) in [7, 11) is 0. The van der Waals surface area contributed by atoms with Gasteiger partial charge in [0.25, 0.3) is 11.8 Å². The molecule has 0 bridgehead atoms. The number of nitriles is 1. The van der Waals surface area contributed by atoms with Crippen LogP contribution in [0.2, 0.25) is 10.0 Å². The average Bonchev–Trinajstić information content (AvgIpc) is 3.72. The molecule has 10 heteroatoms. The van der Waals surface area contributed by atoms with Crippen molar-refractivity contribution in [2.24, 2.45) is 0 Å². The SMILES string of the molecule is CC1=C(C#N)C(=O)N(CC2CCCO2)C(=O)/C1=C/c1cn(-c2ccccc2)nc1-c1ccc(OCc2ccc(Cl)cc2Cl)cc1. The van der Waals surface area contributed by atoms with E-state index in [2.05, 4.69) is 0 Å². The van der Waals surface area contributed by atoms with E-state index < -0.39 is 11.8 Å². The quantitative estimate of drug-likeness (QED) is 0.150. The molecule has 3 heterocycles. The van der Waals surface area contributed by atoms with E-state index >= 15 is 0 Å². The normalized spacial score (nSPS) is 17.7. The van der Waals surface area contributed by atoms with Gasteiger partial charge in [-0.15, -0.1) is 0 Å². The maximum Gasteiger partial charge on any atom is 0.271 e. The highest BCUT2D eigenvalue weighted by Crippen LogP contribution is 2.33. The van der Waals surface area contributed by atoms with E-state index in [9.17, 15) is 14.9 Å². The molecule has 0 N–H and O–H groups in total. The highest BCUT2D eigenvalue weighted by molar-refractivity contribution is 6.35. The fourth-order valence-corrected chi connectivity index (χ4v) is 5.85. The summed E-state index contributed by atoms with van der Waals surface area (Å²) in [6.45, 7) is 2.59. The van der Waals surface area contributed by atoms with Crippen LogP contribution < -0.4 is 4.74 Å². The molecule has 3 aromatic carbocycles. The monoisotopic (exact) mass is 638 g/mol. The molecule has 0 saturated carbocycles. The van der Waals surface area contributed by atoms with Gasteiger partial charge in [0.15, 0.2) is 0 Å². The Hall–Kier alpha value is -4.68. The standard InChI is InChI=1S/C35H28Cl2N4O4/c1-22-30(34(42)40(35(43)31(22)18-38)20-29-8-5-15-44-29)16-25-19-41(27-6-3-2-4-7-27)39-33(25)23-10-13-28(14-11-23)45-21-24-9-12-26(36)17-32(24)37/h2-4,6-7,9-14,16-17,19,29H,5,8,15,20-21H2,1H3/b30-16+. The predicted molar refractivity (Wildman–Crippen MR) is 172 cm³/mol. The van der Waals surface area contributed by atoms with Crippen LogP contribution in [0.5, 0.6) is 5.75 Å². The minimum Gasteiger partial charge on any atom is -0.489 e. The summed E-state index contributed by atoms with van der Waals surface area (Å²) in [6, 6.07) is 24.3. The average molecular weight is 640 g/mol. The van der Waals surface area contributed by atoms with E-state index in [-0.39, 0.29) is 30.4 Å². The van der Waals surface area contributed by atoms with Crippen LogP contribution in [0.1, 0.15) is 30.9 Å². The first-order chi connectivity index (χ1) is 21.8. The van der Waals surface area contributed by atoms with Crippen LogP contribution in [-0.2, 0) is 20.9 Å². The van der Waals surface area contributed by atoms with Crippen molar-refractivity contribution < 1.29 is 19.1 Å². The number of benzene rings is 3. The Morgan fingerprint density at radius 1 is 1.07 bits per heavy atom. The fourth-order valence-electron chi connectivity index (χ4n) is 5.38. The number of hydrogen-bond donors (Lipinski definition) is 0. The Bertz CT molecular complexity index is 1870. The van der Waals surface area contributed by atoms with Crippen molar-refractivity contribution in [2.45, 2.75) is 32.5 Å². The summed E-state index contributed by atoms with van der Waals surface area (Å²) in [5, 5.41) is 15.8. The number of hydrogen-bond acceptors (Lipinski definition) is 6. The largest absolute Gasteiger partial charge is 0.489 e. The smallest absolute Gasteiger partial charge is 0.271 e. The number of imide groups is 1. The first kappa shape index (κ1) is 30.4. The molecular formula is C35H28Cl2N4O4. The summed E-state index contributed by atoms with van der Waals surface area (Å²) in [5.41, 5.74) is 4.22. The Kier molecular flexibility index (Phi) is 8.85. The maximum atomic E-state index is 13.8. The van der Waals surface area contributed by atoms with E-state index in [1.807, 2.05) is 72.9 Å². The summed E-state index contributed by atoms with van der Waals surface area (Å²) < 4.78 is 13.4. The number of carbonyl (C=O) groups is 2. The summed E-state index contributed by atoms with van der Waals surface area (Å²) >= 11 is 12.3. The molecule has 6 rings (SSSR count). The molecule has 0 spiro atoms. The van der Waals surface area contributed by atoms with Crippen LogP contribution in [-0.4, -0.2) is 45.8 Å². The zero-order chi connectivity index (χ0) is 31.5. The van der Waals surface area contributed by atoms with Gasteiger partial charge in [0.2, 0.25) is 0 Å². The summed E-state index contributed by atoms with van der Waals surface area (Å²) in [5.74, 6) is -0.423. The number of ether oxygens (including phenoxy) is 2. The van der Waals surface area contributed by atoms with E-state index in [1.165, 1.54) is 0 Å². The number of amides is 2. The van der Waals surface area contributed by atoms with Crippen LogP contribution in [0.25, 0.3) is 23.0 Å². The van der Waals surface area contributed by atoms with Crippen LogP contribution in [0, 0.1) is 11.3 Å². The van der Waals surface area contributed by atoms with Gasteiger partial charge in [-0.25, -0.2) is 4.68 Å². The lowest BCUT2D eigenvalue weighted by molar-refractivity contribution is -0.142. The third-order valence-corrected chi connectivity index (χ3v) is 8.42. The lowest BCUT2D eigenvalue weighted by Gasteiger charge is -2.29. The zero-order valence-electron chi connectivity index (χ0n) is 24.4. The van der Waals surface area contributed by atoms with Crippen LogP contribution >= 0.6 is 23.2 Å². The molecule has 4 aromatic rings. The van der Waals surface area contributed by atoms with E-state index in [4.69, 9.17) is 37.8 Å². The minimum atomic E-state index is -0.594. The minimum absolute atomic E-state index is 0.0573. The molecule has 1 saturated heterocycles. The summed E-state index contributed by atoms with van der Waals surface area (Å²) in [4.78, 5) is 28.1. The molecule has 8 nitrogen and oxygen atoms in total. The lowest BCUT2D eigenvalue weighted by atomic mass is 9.93. The molecule has 1 atom stereocenters. The van der Waals surface area contributed by atoms with Crippen molar-refractivity contribution in [1.29, 1.82) is 5.26 Å². The van der Waals surface area contributed by atoms with Crippen molar-refractivity contribution in [3.8, 4) is 28.8 Å². The van der Waals surface area contributed by atoms with Crippen LogP contribution in [0.4, 0.5) is 0 Å². The second-order valence-corrected chi connectivity index (χ2v) is 11.6. The number of rotatable bonds is 8. The van der Waals surface area contributed by atoms with Crippen molar-refractivity contribution in [2.75, 3.05) is 13.2 Å². The molecule has 0 aliphatic carbocycles. The maximum absolute atomic E-state index is 13.8. The van der Waals surface area contributed by atoms with Gasteiger partial charge in [-0.1, -0.05) is 47.5 Å². The third-order valence-electron chi connectivity index (χ3n) is 7.84. The van der Waals surface area contributed by atoms with Gasteiger partial charge in [-0.3, -0.25) is 14.5 Å². The van der Waals surface area contributed by atoms with Gasteiger partial charge in [-0.2, -0.15) is 10.4 Å². The van der Waals surface area contributed by atoms with Gasteiger partial charge in [0.05, 0.1) is 24.0 Å². The Balaban J connectivity index is 1.36. The Labute approximate surface area is 270 Å². The Morgan fingerprint density at radius 3 is 2.53 bits per heavy atom.